The number of allylic oxidation sites excluding steroid dienone is 1. The zero-order valence-electron chi connectivity index (χ0n) is 7.19. The minimum Gasteiger partial charge on any atom is -0.512 e. The highest BCUT2D eigenvalue weighted by molar-refractivity contribution is 5.72. The molecule has 0 radical (unpaired) electrons. The normalized spacial score (nSPS) is 33.2. The van der Waals surface area contributed by atoms with Gasteiger partial charge in [0.15, 0.2) is 0 Å². The molecule has 1 aliphatic heterocycles. The molecule has 2 N–H and O–H groups in total. The molecule has 1 aliphatic carbocycles. The van der Waals surface area contributed by atoms with Crippen molar-refractivity contribution in [1.82, 2.24) is 0 Å². The number of rotatable bonds is 1. The number of aliphatic hydroxyl groups is 1. The third kappa shape index (κ3) is 1.31. The second-order valence-corrected chi connectivity index (χ2v) is 3.57. The lowest BCUT2D eigenvalue weighted by Crippen LogP contribution is -2.26. The maximum absolute atomic E-state index is 10.8. The van der Waals surface area contributed by atoms with Gasteiger partial charge in [0.25, 0.3) is 0 Å². The second kappa shape index (κ2) is 3.03. The Labute approximate surface area is 75.8 Å². The minimum atomic E-state index is -0.812. The molecular weight excluding hydrogens is 172 g/mol. The third-order valence-electron chi connectivity index (χ3n) is 2.87. The molecule has 4 nitrogen and oxygen atoms in total. The maximum Gasteiger partial charge on any atom is 0.307 e. The van der Waals surface area contributed by atoms with Crippen LogP contribution in [0.15, 0.2) is 11.3 Å². The summed E-state index contributed by atoms with van der Waals surface area (Å²) in [5.74, 6) is -1.00. The van der Waals surface area contributed by atoms with Crippen LogP contribution in [-0.2, 0) is 9.53 Å². The fraction of sp³-hybridized carbons (Fsp3) is 0.667. The molecule has 1 saturated heterocycles. The summed E-state index contributed by atoms with van der Waals surface area (Å²) in [7, 11) is 0. The van der Waals surface area contributed by atoms with Crippen molar-refractivity contribution < 1.29 is 19.7 Å². The van der Waals surface area contributed by atoms with Gasteiger partial charge in [-0.2, -0.15) is 0 Å². The van der Waals surface area contributed by atoms with E-state index in [1.54, 1.807) is 0 Å². The fourth-order valence-corrected chi connectivity index (χ4v) is 2.16. The molecule has 0 aromatic heterocycles. The Balaban J connectivity index is 2.21. The molecule has 0 aromatic rings. The van der Waals surface area contributed by atoms with Gasteiger partial charge in [0, 0.05) is 18.9 Å². The number of carbonyl (C=O) groups is 1. The van der Waals surface area contributed by atoms with E-state index in [4.69, 9.17) is 9.84 Å². The van der Waals surface area contributed by atoms with Crippen molar-refractivity contribution in [3.63, 3.8) is 0 Å². The van der Waals surface area contributed by atoms with Crippen molar-refractivity contribution in [2.45, 2.75) is 12.8 Å². The number of hydrogen-bond donors (Lipinski definition) is 2. The van der Waals surface area contributed by atoms with E-state index >= 15 is 0 Å². The van der Waals surface area contributed by atoms with Crippen LogP contribution in [0.3, 0.4) is 0 Å². The van der Waals surface area contributed by atoms with Crippen LogP contribution in [0, 0.1) is 11.8 Å². The molecule has 72 valence electrons. The lowest BCUT2D eigenvalue weighted by atomic mass is 9.87. The smallest absolute Gasteiger partial charge is 0.307 e. The van der Waals surface area contributed by atoms with E-state index in [2.05, 4.69) is 0 Å². The van der Waals surface area contributed by atoms with E-state index in [1.807, 2.05) is 0 Å². The molecule has 0 amide bonds. The standard InChI is InChI=1S/C9H12O4/c10-8-3-6(9(11)12)5-1-2-13-4-7(5)8/h5-6,10H,1-4H2,(H,11,12). The Morgan fingerprint density at radius 2 is 2.31 bits per heavy atom. The average Bonchev–Trinajstić information content (AvgIpc) is 2.45. The first-order valence-corrected chi connectivity index (χ1v) is 4.41. The molecule has 4 heteroatoms. The number of ether oxygens (including phenoxy) is 1. The average molecular weight is 184 g/mol. The summed E-state index contributed by atoms with van der Waals surface area (Å²) in [6.07, 6.45) is 0.995. The molecule has 2 unspecified atom stereocenters. The predicted octanol–water partition coefficient (Wildman–Crippen LogP) is 0.940. The maximum atomic E-state index is 10.8. The lowest BCUT2D eigenvalue weighted by molar-refractivity contribution is -0.143. The van der Waals surface area contributed by atoms with Crippen molar-refractivity contribution >= 4 is 5.97 Å². The number of aliphatic carboxylic acids is 1. The summed E-state index contributed by atoms with van der Waals surface area (Å²) >= 11 is 0. The van der Waals surface area contributed by atoms with Crippen molar-refractivity contribution in [2.75, 3.05) is 13.2 Å². The number of carboxylic acids is 1. The van der Waals surface area contributed by atoms with Gasteiger partial charge in [-0.15, -0.1) is 0 Å². The van der Waals surface area contributed by atoms with E-state index in [0.29, 0.717) is 13.2 Å². The van der Waals surface area contributed by atoms with Gasteiger partial charge < -0.3 is 14.9 Å². The van der Waals surface area contributed by atoms with E-state index in [-0.39, 0.29) is 18.1 Å². The second-order valence-electron chi connectivity index (χ2n) is 3.57. The van der Waals surface area contributed by atoms with Gasteiger partial charge in [0.2, 0.25) is 0 Å². The highest BCUT2D eigenvalue weighted by Gasteiger charge is 2.40. The summed E-state index contributed by atoms with van der Waals surface area (Å²) in [5.41, 5.74) is 0.804. The van der Waals surface area contributed by atoms with Crippen LogP contribution in [0.1, 0.15) is 12.8 Å². The van der Waals surface area contributed by atoms with Crippen LogP contribution in [0.4, 0.5) is 0 Å². The van der Waals surface area contributed by atoms with Gasteiger partial charge >= 0.3 is 5.97 Å². The van der Waals surface area contributed by atoms with Gasteiger partial charge in [-0.25, -0.2) is 0 Å². The quantitative estimate of drug-likeness (QED) is 0.636. The first-order valence-electron chi connectivity index (χ1n) is 4.41. The predicted molar refractivity (Wildman–Crippen MR) is 44.3 cm³/mol. The van der Waals surface area contributed by atoms with Gasteiger partial charge in [-0.05, 0) is 12.0 Å². The molecule has 0 aromatic carbocycles. The number of fused-ring (bicyclic) bond motifs is 1. The molecule has 2 atom stereocenters. The van der Waals surface area contributed by atoms with E-state index < -0.39 is 11.9 Å². The summed E-state index contributed by atoms with van der Waals surface area (Å²) in [6.45, 7) is 1.01. The first-order chi connectivity index (χ1) is 6.20. The van der Waals surface area contributed by atoms with Crippen LogP contribution < -0.4 is 0 Å². The van der Waals surface area contributed by atoms with Crippen molar-refractivity contribution in [2.24, 2.45) is 11.8 Å². The Kier molecular flexibility index (Phi) is 2.00. The van der Waals surface area contributed by atoms with Crippen molar-refractivity contribution in [1.29, 1.82) is 0 Å². The lowest BCUT2D eigenvalue weighted by Gasteiger charge is -2.23. The molecule has 13 heavy (non-hydrogen) atoms. The Hall–Kier alpha value is -1.03. The molecule has 1 heterocycles. The van der Waals surface area contributed by atoms with Gasteiger partial charge in [0.1, 0.15) is 0 Å². The fourth-order valence-electron chi connectivity index (χ4n) is 2.16. The molecule has 0 bridgehead atoms. The topological polar surface area (TPSA) is 66.8 Å². The summed E-state index contributed by atoms with van der Waals surface area (Å²) < 4.78 is 5.17. The summed E-state index contributed by atoms with van der Waals surface area (Å²) in [6, 6.07) is 0. The molecular formula is C9H12O4. The molecule has 0 spiro atoms. The molecule has 1 fully saturated rings. The Morgan fingerprint density at radius 1 is 1.54 bits per heavy atom. The Bertz CT molecular complexity index is 269. The summed E-state index contributed by atoms with van der Waals surface area (Å²) in [4.78, 5) is 10.8. The Morgan fingerprint density at radius 3 is 3.00 bits per heavy atom. The molecule has 2 rings (SSSR count). The minimum absolute atomic E-state index is 0.00579. The number of carboxylic acid groups (broad SMARTS) is 1. The largest absolute Gasteiger partial charge is 0.512 e. The highest BCUT2D eigenvalue weighted by Crippen LogP contribution is 2.40. The van der Waals surface area contributed by atoms with Crippen LogP contribution in [0.5, 0.6) is 0 Å². The van der Waals surface area contributed by atoms with Gasteiger partial charge in [0.05, 0.1) is 18.3 Å². The van der Waals surface area contributed by atoms with E-state index in [9.17, 15) is 9.90 Å². The van der Waals surface area contributed by atoms with Crippen LogP contribution >= 0.6 is 0 Å². The third-order valence-corrected chi connectivity index (χ3v) is 2.87. The zero-order chi connectivity index (χ0) is 9.42. The van der Waals surface area contributed by atoms with Crippen LogP contribution in [-0.4, -0.2) is 29.4 Å². The zero-order valence-corrected chi connectivity index (χ0v) is 7.19. The monoisotopic (exact) mass is 184 g/mol. The molecule has 2 aliphatic rings. The van der Waals surface area contributed by atoms with Crippen molar-refractivity contribution in [3.8, 4) is 0 Å². The number of hydrogen-bond acceptors (Lipinski definition) is 3. The molecule has 0 saturated carbocycles. The van der Waals surface area contributed by atoms with Gasteiger partial charge in [-0.3, -0.25) is 4.79 Å². The van der Waals surface area contributed by atoms with Crippen LogP contribution in [0.2, 0.25) is 0 Å². The van der Waals surface area contributed by atoms with E-state index in [0.717, 1.165) is 12.0 Å². The first kappa shape index (κ1) is 8.56. The van der Waals surface area contributed by atoms with Gasteiger partial charge in [-0.1, -0.05) is 0 Å². The highest BCUT2D eigenvalue weighted by atomic mass is 16.5. The number of aliphatic hydroxyl groups excluding tert-OH is 1. The van der Waals surface area contributed by atoms with Crippen molar-refractivity contribution in [3.05, 3.63) is 11.3 Å². The summed E-state index contributed by atoms with van der Waals surface area (Å²) in [5, 5.41) is 18.4. The van der Waals surface area contributed by atoms with Crippen LogP contribution in [0.25, 0.3) is 0 Å². The SMILES string of the molecule is O=C(O)C1CC(O)=C2COCCC21. The van der Waals surface area contributed by atoms with E-state index in [1.165, 1.54) is 0 Å².